The van der Waals surface area contributed by atoms with Crippen molar-refractivity contribution in [2.75, 3.05) is 5.73 Å². The van der Waals surface area contributed by atoms with Gasteiger partial charge in [-0.25, -0.2) is 0 Å². The van der Waals surface area contributed by atoms with Crippen LogP contribution in [-0.4, -0.2) is 16.7 Å². The lowest BCUT2D eigenvalue weighted by atomic mass is 9.92. The van der Waals surface area contributed by atoms with E-state index in [1.54, 1.807) is 24.3 Å². The van der Waals surface area contributed by atoms with Gasteiger partial charge in [0.1, 0.15) is 11.4 Å². The molecule has 0 heterocycles. The number of hydrogen-bond donors (Lipinski definition) is 2. The number of anilines is 1. The second-order valence-corrected chi connectivity index (χ2v) is 6.62. The van der Waals surface area contributed by atoms with E-state index in [1.807, 2.05) is 45.0 Å². The zero-order valence-electron chi connectivity index (χ0n) is 13.7. The van der Waals surface area contributed by atoms with Gasteiger partial charge in [-0.1, -0.05) is 24.3 Å². The van der Waals surface area contributed by atoms with Crippen molar-refractivity contribution >= 4 is 11.7 Å². The van der Waals surface area contributed by atoms with E-state index in [-0.39, 0.29) is 5.60 Å². The van der Waals surface area contributed by atoms with Crippen LogP contribution < -0.4 is 10.5 Å². The Hall–Kier alpha value is -2.49. The van der Waals surface area contributed by atoms with Crippen molar-refractivity contribution < 1.29 is 14.6 Å². The first-order valence-electron chi connectivity index (χ1n) is 7.61. The summed E-state index contributed by atoms with van der Waals surface area (Å²) in [6.45, 7) is 5.97. The SMILES string of the molecule is CC(C)(C)Oc1ccc(CC(C(=O)O)c2ccc(N)cc2)cc1. The maximum atomic E-state index is 11.6. The van der Waals surface area contributed by atoms with Crippen molar-refractivity contribution in [3.8, 4) is 5.75 Å². The largest absolute Gasteiger partial charge is 0.488 e. The average molecular weight is 313 g/mol. The molecule has 0 aliphatic carbocycles. The summed E-state index contributed by atoms with van der Waals surface area (Å²) >= 11 is 0. The Balaban J connectivity index is 2.14. The minimum absolute atomic E-state index is 0.255. The van der Waals surface area contributed by atoms with Gasteiger partial charge in [0, 0.05) is 5.69 Å². The maximum absolute atomic E-state index is 11.6. The van der Waals surface area contributed by atoms with E-state index in [2.05, 4.69) is 0 Å². The molecule has 0 aromatic heterocycles. The van der Waals surface area contributed by atoms with Crippen LogP contribution in [0, 0.1) is 0 Å². The highest BCUT2D eigenvalue weighted by atomic mass is 16.5. The highest BCUT2D eigenvalue weighted by Gasteiger charge is 2.20. The third-order valence-corrected chi connectivity index (χ3v) is 3.42. The number of carboxylic acids is 1. The number of aliphatic carboxylic acids is 1. The molecule has 0 radical (unpaired) electrons. The number of ether oxygens (including phenoxy) is 1. The quantitative estimate of drug-likeness (QED) is 0.822. The monoisotopic (exact) mass is 313 g/mol. The molecule has 0 saturated carbocycles. The van der Waals surface area contributed by atoms with E-state index in [0.717, 1.165) is 16.9 Å². The lowest BCUT2D eigenvalue weighted by molar-refractivity contribution is -0.138. The fourth-order valence-corrected chi connectivity index (χ4v) is 2.36. The molecule has 4 nitrogen and oxygen atoms in total. The van der Waals surface area contributed by atoms with Gasteiger partial charge in [-0.15, -0.1) is 0 Å². The molecule has 2 rings (SSSR count). The highest BCUT2D eigenvalue weighted by Crippen LogP contribution is 2.25. The molecule has 0 bridgehead atoms. The summed E-state index contributed by atoms with van der Waals surface area (Å²) < 4.78 is 5.78. The van der Waals surface area contributed by atoms with E-state index < -0.39 is 11.9 Å². The molecular weight excluding hydrogens is 290 g/mol. The molecule has 23 heavy (non-hydrogen) atoms. The Bertz CT molecular complexity index is 655. The normalized spacial score (nSPS) is 12.7. The van der Waals surface area contributed by atoms with Crippen molar-refractivity contribution in [1.82, 2.24) is 0 Å². The van der Waals surface area contributed by atoms with Crippen LogP contribution in [0.1, 0.15) is 37.8 Å². The summed E-state index contributed by atoms with van der Waals surface area (Å²) in [5.41, 5.74) is 7.74. The van der Waals surface area contributed by atoms with Gasteiger partial charge in [0.05, 0.1) is 5.92 Å². The molecule has 2 aromatic rings. The first-order chi connectivity index (χ1) is 10.7. The summed E-state index contributed by atoms with van der Waals surface area (Å²) in [7, 11) is 0. The van der Waals surface area contributed by atoms with E-state index in [9.17, 15) is 9.90 Å². The van der Waals surface area contributed by atoms with Crippen molar-refractivity contribution in [3.05, 3.63) is 59.7 Å². The zero-order chi connectivity index (χ0) is 17.0. The van der Waals surface area contributed by atoms with Crippen LogP contribution in [0.25, 0.3) is 0 Å². The van der Waals surface area contributed by atoms with Gasteiger partial charge in [-0.2, -0.15) is 0 Å². The number of nitrogen functional groups attached to an aromatic ring is 1. The van der Waals surface area contributed by atoms with Gasteiger partial charge in [0.15, 0.2) is 0 Å². The van der Waals surface area contributed by atoms with Gasteiger partial charge in [-0.3, -0.25) is 4.79 Å². The average Bonchev–Trinajstić information content (AvgIpc) is 2.46. The Morgan fingerprint density at radius 1 is 1.09 bits per heavy atom. The van der Waals surface area contributed by atoms with Crippen molar-refractivity contribution in [2.45, 2.75) is 38.7 Å². The van der Waals surface area contributed by atoms with Crippen molar-refractivity contribution in [3.63, 3.8) is 0 Å². The van der Waals surface area contributed by atoms with E-state index in [0.29, 0.717) is 12.1 Å². The Labute approximate surface area is 136 Å². The van der Waals surface area contributed by atoms with Crippen LogP contribution in [-0.2, 0) is 11.2 Å². The highest BCUT2D eigenvalue weighted by molar-refractivity contribution is 5.76. The van der Waals surface area contributed by atoms with Crippen LogP contribution in [0.2, 0.25) is 0 Å². The fourth-order valence-electron chi connectivity index (χ4n) is 2.36. The first kappa shape index (κ1) is 16.9. The molecular formula is C19H23NO3. The van der Waals surface area contributed by atoms with E-state index in [4.69, 9.17) is 10.5 Å². The predicted molar refractivity (Wildman–Crippen MR) is 91.8 cm³/mol. The van der Waals surface area contributed by atoms with Crippen LogP contribution in [0.5, 0.6) is 5.75 Å². The number of benzene rings is 2. The van der Waals surface area contributed by atoms with Crippen LogP contribution in [0.4, 0.5) is 5.69 Å². The molecule has 3 N–H and O–H groups in total. The molecule has 0 fully saturated rings. The summed E-state index contributed by atoms with van der Waals surface area (Å²) in [5.74, 6) is -0.657. The number of hydrogen-bond acceptors (Lipinski definition) is 3. The fraction of sp³-hybridized carbons (Fsp3) is 0.316. The third kappa shape index (κ3) is 5.02. The van der Waals surface area contributed by atoms with Crippen LogP contribution >= 0.6 is 0 Å². The van der Waals surface area contributed by atoms with E-state index in [1.165, 1.54) is 0 Å². The smallest absolute Gasteiger partial charge is 0.311 e. The predicted octanol–water partition coefficient (Wildman–Crippen LogP) is 3.86. The molecule has 1 unspecified atom stereocenters. The zero-order valence-corrected chi connectivity index (χ0v) is 13.7. The van der Waals surface area contributed by atoms with E-state index >= 15 is 0 Å². The van der Waals surface area contributed by atoms with Crippen LogP contribution in [0.3, 0.4) is 0 Å². The number of nitrogens with two attached hydrogens (primary N) is 1. The van der Waals surface area contributed by atoms with Gasteiger partial charge in [0.25, 0.3) is 0 Å². The molecule has 0 amide bonds. The lowest BCUT2D eigenvalue weighted by Crippen LogP contribution is -2.22. The summed E-state index contributed by atoms with van der Waals surface area (Å²) in [4.78, 5) is 11.6. The minimum Gasteiger partial charge on any atom is -0.488 e. The molecule has 0 aliphatic heterocycles. The lowest BCUT2D eigenvalue weighted by Gasteiger charge is -2.21. The maximum Gasteiger partial charge on any atom is 0.311 e. The minimum atomic E-state index is -0.843. The Morgan fingerprint density at radius 3 is 2.13 bits per heavy atom. The van der Waals surface area contributed by atoms with Crippen LogP contribution in [0.15, 0.2) is 48.5 Å². The number of rotatable bonds is 5. The Kier molecular flexibility index (Phi) is 4.94. The topological polar surface area (TPSA) is 72.5 Å². The summed E-state index contributed by atoms with van der Waals surface area (Å²) in [5, 5.41) is 9.51. The number of carboxylic acid groups (broad SMARTS) is 1. The second kappa shape index (κ2) is 6.73. The van der Waals surface area contributed by atoms with Crippen molar-refractivity contribution in [1.29, 1.82) is 0 Å². The molecule has 2 aromatic carbocycles. The molecule has 4 heteroatoms. The molecule has 122 valence electrons. The molecule has 0 spiro atoms. The van der Waals surface area contributed by atoms with Gasteiger partial charge in [0.2, 0.25) is 0 Å². The third-order valence-electron chi connectivity index (χ3n) is 3.42. The summed E-state index contributed by atoms with van der Waals surface area (Å²) in [6.07, 6.45) is 0.426. The standard InChI is InChI=1S/C19H23NO3/c1-19(2,3)23-16-10-4-13(5-11-16)12-17(18(21)22)14-6-8-15(20)9-7-14/h4-11,17H,12,20H2,1-3H3,(H,21,22). The molecule has 0 saturated heterocycles. The van der Waals surface area contributed by atoms with Gasteiger partial charge < -0.3 is 15.6 Å². The second-order valence-electron chi connectivity index (χ2n) is 6.62. The Morgan fingerprint density at radius 2 is 1.65 bits per heavy atom. The van der Waals surface area contributed by atoms with Gasteiger partial charge >= 0.3 is 5.97 Å². The first-order valence-corrected chi connectivity index (χ1v) is 7.61. The number of carbonyl (C=O) groups is 1. The summed E-state index contributed by atoms with van der Waals surface area (Å²) in [6, 6.07) is 14.6. The van der Waals surface area contributed by atoms with Gasteiger partial charge in [-0.05, 0) is 62.6 Å². The molecule has 0 aliphatic rings. The molecule has 1 atom stereocenters. The van der Waals surface area contributed by atoms with Crippen molar-refractivity contribution in [2.24, 2.45) is 0 Å².